The fourth-order valence-corrected chi connectivity index (χ4v) is 0.913. The first kappa shape index (κ1) is 8.76. The van der Waals surface area contributed by atoms with E-state index in [-0.39, 0.29) is 16.7 Å². The Labute approximate surface area is 74.3 Å². The maximum absolute atomic E-state index is 10.4. The molecular weight excluding hydrogens is 168 g/mol. The molecule has 0 atom stereocenters. The Morgan fingerprint density at radius 2 is 2.00 bits per heavy atom. The van der Waals surface area contributed by atoms with E-state index in [0.717, 1.165) is 0 Å². The van der Waals surface area contributed by atoms with E-state index in [2.05, 4.69) is 0 Å². The summed E-state index contributed by atoms with van der Waals surface area (Å²) in [5.74, 6) is -0.436. The van der Waals surface area contributed by atoms with E-state index >= 15 is 0 Å². The lowest BCUT2D eigenvalue weighted by Gasteiger charge is -1.99. The molecule has 0 spiro atoms. The van der Waals surface area contributed by atoms with Gasteiger partial charge in [0.05, 0.1) is 5.56 Å². The molecule has 1 rings (SSSR count). The highest BCUT2D eigenvalue weighted by Crippen LogP contribution is 2.23. The number of phenols is 1. The van der Waals surface area contributed by atoms with Crippen molar-refractivity contribution in [3.8, 4) is 17.9 Å². The van der Waals surface area contributed by atoms with Crippen LogP contribution in [0.15, 0.2) is 12.1 Å². The normalized spacial score (nSPS) is 8.46. The zero-order valence-electron chi connectivity index (χ0n) is 6.48. The van der Waals surface area contributed by atoms with Crippen molar-refractivity contribution in [2.24, 2.45) is 0 Å². The molecule has 0 bridgehead atoms. The van der Waals surface area contributed by atoms with Crippen molar-refractivity contribution in [3.05, 3.63) is 28.8 Å². The quantitative estimate of drug-likeness (QED) is 0.639. The summed E-state index contributed by atoms with van der Waals surface area (Å²) in [6.45, 7) is 0. The largest absolute Gasteiger partial charge is 0.505 e. The van der Waals surface area contributed by atoms with Crippen molar-refractivity contribution < 1.29 is 9.90 Å². The molecule has 0 unspecified atom stereocenters. The van der Waals surface area contributed by atoms with E-state index in [1.165, 1.54) is 12.1 Å². The van der Waals surface area contributed by atoms with Crippen molar-refractivity contribution in [1.82, 2.24) is 0 Å². The smallest absolute Gasteiger partial charge is 0.151 e. The van der Waals surface area contributed by atoms with Gasteiger partial charge < -0.3 is 5.11 Å². The molecule has 0 heterocycles. The lowest BCUT2D eigenvalue weighted by Crippen LogP contribution is -1.90. The van der Waals surface area contributed by atoms with Gasteiger partial charge in [-0.25, -0.2) is 0 Å². The van der Waals surface area contributed by atoms with E-state index in [4.69, 9.17) is 10.5 Å². The maximum Gasteiger partial charge on any atom is 0.151 e. The van der Waals surface area contributed by atoms with Gasteiger partial charge in [-0.05, 0) is 12.1 Å². The third-order valence-electron chi connectivity index (χ3n) is 1.57. The van der Waals surface area contributed by atoms with Crippen LogP contribution in [-0.2, 0) is 0 Å². The molecule has 0 fully saturated rings. The number of hydrogen-bond donors (Lipinski definition) is 1. The van der Waals surface area contributed by atoms with Gasteiger partial charge in [-0.2, -0.15) is 10.5 Å². The second kappa shape index (κ2) is 3.38. The molecular formula is C9H4N2O2. The van der Waals surface area contributed by atoms with Gasteiger partial charge in [0.1, 0.15) is 17.7 Å². The minimum atomic E-state index is -0.436. The molecule has 0 aliphatic carbocycles. The second-order valence-corrected chi connectivity index (χ2v) is 2.27. The first-order valence-corrected chi connectivity index (χ1v) is 3.36. The average Bonchev–Trinajstić information content (AvgIpc) is 2.17. The molecule has 1 aromatic rings. The zero-order chi connectivity index (χ0) is 9.84. The van der Waals surface area contributed by atoms with Gasteiger partial charge in [-0.15, -0.1) is 0 Å². The van der Waals surface area contributed by atoms with Crippen LogP contribution >= 0.6 is 0 Å². The molecule has 4 nitrogen and oxygen atoms in total. The minimum Gasteiger partial charge on any atom is -0.505 e. The number of carbonyl (C=O) groups is 1. The first-order chi connectivity index (χ1) is 6.24. The maximum atomic E-state index is 10.4. The van der Waals surface area contributed by atoms with E-state index in [1.807, 2.05) is 0 Å². The Kier molecular flexibility index (Phi) is 2.28. The van der Waals surface area contributed by atoms with Crippen LogP contribution in [0.25, 0.3) is 0 Å². The Morgan fingerprint density at radius 1 is 1.31 bits per heavy atom. The Morgan fingerprint density at radius 3 is 2.46 bits per heavy atom. The van der Waals surface area contributed by atoms with E-state index in [0.29, 0.717) is 6.29 Å². The molecule has 13 heavy (non-hydrogen) atoms. The average molecular weight is 172 g/mol. The zero-order valence-corrected chi connectivity index (χ0v) is 6.48. The van der Waals surface area contributed by atoms with E-state index < -0.39 is 5.75 Å². The highest BCUT2D eigenvalue weighted by atomic mass is 16.3. The van der Waals surface area contributed by atoms with Crippen LogP contribution in [0.5, 0.6) is 5.75 Å². The van der Waals surface area contributed by atoms with Gasteiger partial charge in [0.15, 0.2) is 12.0 Å². The topological polar surface area (TPSA) is 84.9 Å². The second-order valence-electron chi connectivity index (χ2n) is 2.27. The van der Waals surface area contributed by atoms with Crippen molar-refractivity contribution in [2.45, 2.75) is 0 Å². The van der Waals surface area contributed by atoms with Crippen LogP contribution in [0.3, 0.4) is 0 Å². The summed E-state index contributed by atoms with van der Waals surface area (Å²) < 4.78 is 0. The van der Waals surface area contributed by atoms with Gasteiger partial charge in [-0.1, -0.05) is 0 Å². The number of nitrogens with zero attached hydrogens (tertiary/aromatic N) is 2. The lowest BCUT2D eigenvalue weighted by atomic mass is 10.0. The van der Waals surface area contributed by atoms with Crippen molar-refractivity contribution in [1.29, 1.82) is 10.5 Å². The predicted octanol–water partition coefficient (Wildman–Crippen LogP) is 0.948. The Bertz CT molecular complexity index is 438. The fraction of sp³-hybridized carbons (Fsp3) is 0. The number of aldehydes is 1. The molecule has 1 aromatic carbocycles. The van der Waals surface area contributed by atoms with Crippen molar-refractivity contribution in [2.75, 3.05) is 0 Å². The number of carbonyl (C=O) groups excluding carboxylic acids is 1. The summed E-state index contributed by atoms with van der Waals surface area (Å²) in [5.41, 5.74) is -0.0878. The Balaban J connectivity index is 3.54. The third-order valence-corrected chi connectivity index (χ3v) is 1.57. The highest BCUT2D eigenvalue weighted by molar-refractivity contribution is 5.81. The summed E-state index contributed by atoms with van der Waals surface area (Å²) in [6, 6.07) is 5.98. The predicted molar refractivity (Wildman–Crippen MR) is 42.9 cm³/mol. The lowest BCUT2D eigenvalue weighted by molar-refractivity contribution is 0.112. The Hall–Kier alpha value is -2.33. The summed E-state index contributed by atoms with van der Waals surface area (Å²) >= 11 is 0. The van der Waals surface area contributed by atoms with Crippen LogP contribution in [0.1, 0.15) is 21.5 Å². The van der Waals surface area contributed by atoms with Crippen LogP contribution in [-0.4, -0.2) is 11.4 Å². The SMILES string of the molecule is N#Cc1ccc(C=O)c(C#N)c1O. The monoisotopic (exact) mass is 172 g/mol. The van der Waals surface area contributed by atoms with Gasteiger partial charge in [0.2, 0.25) is 0 Å². The molecule has 0 aliphatic rings. The third kappa shape index (κ3) is 1.33. The minimum absolute atomic E-state index is 0.0119. The number of phenolic OH excluding ortho intramolecular Hbond substituents is 1. The molecule has 4 heteroatoms. The van der Waals surface area contributed by atoms with Crippen LogP contribution in [0.2, 0.25) is 0 Å². The molecule has 0 aromatic heterocycles. The summed E-state index contributed by atoms with van der Waals surface area (Å²) in [7, 11) is 0. The molecule has 0 amide bonds. The number of hydrogen-bond acceptors (Lipinski definition) is 4. The van der Waals surface area contributed by atoms with Crippen LogP contribution in [0.4, 0.5) is 0 Å². The molecule has 0 saturated heterocycles. The summed E-state index contributed by atoms with van der Waals surface area (Å²) in [4.78, 5) is 10.4. The van der Waals surface area contributed by atoms with Gasteiger partial charge in [0, 0.05) is 5.56 Å². The standard InChI is InChI=1S/C9H4N2O2/c10-3-6-1-2-7(5-12)8(4-11)9(6)13/h1-2,5,13H. The van der Waals surface area contributed by atoms with Crippen LogP contribution in [0, 0.1) is 22.7 Å². The van der Waals surface area contributed by atoms with Crippen molar-refractivity contribution >= 4 is 6.29 Å². The van der Waals surface area contributed by atoms with Crippen LogP contribution < -0.4 is 0 Å². The fourth-order valence-electron chi connectivity index (χ4n) is 0.913. The molecule has 62 valence electrons. The molecule has 0 radical (unpaired) electrons. The number of aromatic hydroxyl groups is 1. The van der Waals surface area contributed by atoms with Gasteiger partial charge in [-0.3, -0.25) is 4.79 Å². The van der Waals surface area contributed by atoms with Gasteiger partial charge >= 0.3 is 0 Å². The summed E-state index contributed by atoms with van der Waals surface area (Å²) in [5, 5.41) is 26.4. The number of rotatable bonds is 1. The first-order valence-electron chi connectivity index (χ1n) is 3.36. The van der Waals surface area contributed by atoms with E-state index in [9.17, 15) is 9.90 Å². The molecule has 0 aliphatic heterocycles. The molecule has 0 saturated carbocycles. The number of benzene rings is 1. The van der Waals surface area contributed by atoms with Crippen molar-refractivity contribution in [3.63, 3.8) is 0 Å². The highest BCUT2D eigenvalue weighted by Gasteiger charge is 2.10. The van der Waals surface area contributed by atoms with Gasteiger partial charge in [0.25, 0.3) is 0 Å². The summed E-state index contributed by atoms with van der Waals surface area (Å²) in [6.07, 6.45) is 0.458. The molecule has 1 N–H and O–H groups in total. The number of nitriles is 2. The van der Waals surface area contributed by atoms with E-state index in [1.54, 1.807) is 12.1 Å².